The minimum Gasteiger partial charge on any atom is -0.493 e. The maximum atomic E-state index is 11.2. The molecular weight excluding hydrogens is 350 g/mol. The normalized spacial score (nSPS) is 11.3. The molecule has 0 aliphatic heterocycles. The summed E-state index contributed by atoms with van der Waals surface area (Å²) in [4.78, 5) is 19.6. The van der Waals surface area contributed by atoms with Crippen LogP contribution in [0.2, 0.25) is 0 Å². The van der Waals surface area contributed by atoms with E-state index in [1.54, 1.807) is 55.9 Å². The molecule has 0 aliphatic rings. The molecule has 0 unspecified atom stereocenters. The molecule has 1 N–H and O–H groups in total. The number of aromatic nitrogens is 3. The predicted molar refractivity (Wildman–Crippen MR) is 97.2 cm³/mol. The highest BCUT2D eigenvalue weighted by atomic mass is 16.5. The zero-order valence-corrected chi connectivity index (χ0v) is 14.7. The van der Waals surface area contributed by atoms with Gasteiger partial charge in [-0.1, -0.05) is 11.2 Å². The molecule has 8 nitrogen and oxygen atoms in total. The van der Waals surface area contributed by atoms with E-state index in [1.807, 2.05) is 0 Å². The summed E-state index contributed by atoms with van der Waals surface area (Å²) >= 11 is 0. The highest BCUT2D eigenvalue weighted by molar-refractivity contribution is 5.89. The Morgan fingerprint density at radius 3 is 2.70 bits per heavy atom. The van der Waals surface area contributed by atoms with E-state index >= 15 is 0 Å². The Hall–Kier alpha value is -3.68. The van der Waals surface area contributed by atoms with Crippen LogP contribution in [0, 0.1) is 0 Å². The highest BCUT2D eigenvalue weighted by Crippen LogP contribution is 2.32. The number of ether oxygens (including phenoxy) is 2. The van der Waals surface area contributed by atoms with Crippen LogP contribution >= 0.6 is 0 Å². The smallest absolute Gasteiger partial charge is 0.308 e. The molecule has 2 aromatic heterocycles. The van der Waals surface area contributed by atoms with Crippen LogP contribution in [0.1, 0.15) is 17.9 Å². The van der Waals surface area contributed by atoms with E-state index in [1.165, 1.54) is 7.11 Å². The van der Waals surface area contributed by atoms with Gasteiger partial charge in [0.15, 0.2) is 11.5 Å². The van der Waals surface area contributed by atoms with Crippen molar-refractivity contribution in [1.82, 2.24) is 15.1 Å². The van der Waals surface area contributed by atoms with Crippen molar-refractivity contribution in [2.45, 2.75) is 6.42 Å². The van der Waals surface area contributed by atoms with Gasteiger partial charge in [-0.2, -0.15) is 4.98 Å². The minimum atomic E-state index is -1.00. The lowest BCUT2D eigenvalue weighted by molar-refractivity contribution is -0.135. The molecular formula is C19H17N3O5. The topological polar surface area (TPSA) is 108 Å². The van der Waals surface area contributed by atoms with Gasteiger partial charge in [-0.05, 0) is 35.9 Å². The van der Waals surface area contributed by atoms with Crippen LogP contribution in [0.25, 0.3) is 23.0 Å². The third kappa shape index (κ3) is 4.30. The van der Waals surface area contributed by atoms with Gasteiger partial charge in [0.2, 0.25) is 5.82 Å². The van der Waals surface area contributed by atoms with Crippen LogP contribution in [0.15, 0.2) is 47.2 Å². The molecule has 2 heterocycles. The van der Waals surface area contributed by atoms with Gasteiger partial charge in [0, 0.05) is 23.5 Å². The van der Waals surface area contributed by atoms with Crippen LogP contribution in [0.4, 0.5) is 0 Å². The van der Waals surface area contributed by atoms with Gasteiger partial charge in [0.25, 0.3) is 5.89 Å². The summed E-state index contributed by atoms with van der Waals surface area (Å²) in [5, 5.41) is 13.2. The van der Waals surface area contributed by atoms with Crippen LogP contribution in [0.5, 0.6) is 11.5 Å². The van der Waals surface area contributed by atoms with Crippen LogP contribution in [-0.2, 0) is 4.79 Å². The molecule has 138 valence electrons. The number of carboxylic acid groups (broad SMARTS) is 1. The van der Waals surface area contributed by atoms with E-state index in [0.717, 1.165) is 5.56 Å². The Morgan fingerprint density at radius 1 is 1.22 bits per heavy atom. The molecule has 8 heteroatoms. The summed E-state index contributed by atoms with van der Waals surface area (Å²) in [6.45, 7) is 0. The van der Waals surface area contributed by atoms with Crippen molar-refractivity contribution in [3.8, 4) is 22.9 Å². The zero-order valence-electron chi connectivity index (χ0n) is 14.7. The van der Waals surface area contributed by atoms with Crippen LogP contribution < -0.4 is 9.47 Å². The SMILES string of the molecule is COc1ccc(-c2noc(/C(=C/c3cccnc3)CC(=O)O)n2)cc1OC. The molecule has 27 heavy (non-hydrogen) atoms. The van der Waals surface area contributed by atoms with E-state index in [4.69, 9.17) is 14.0 Å². The Balaban J connectivity index is 1.96. The first kappa shape index (κ1) is 18.1. The first-order chi connectivity index (χ1) is 13.1. The van der Waals surface area contributed by atoms with Crippen molar-refractivity contribution < 1.29 is 23.9 Å². The standard InChI is InChI=1S/C19H17N3O5/c1-25-15-6-5-13(9-16(15)26-2)18-21-19(27-22-18)14(10-17(23)24)8-12-4-3-7-20-11-12/h3-9,11H,10H2,1-2H3,(H,23,24)/b14-8+. The average molecular weight is 367 g/mol. The summed E-state index contributed by atoms with van der Waals surface area (Å²) in [6, 6.07) is 8.77. The number of carbonyl (C=O) groups is 1. The van der Waals surface area contributed by atoms with Gasteiger partial charge in [0.1, 0.15) is 0 Å². The van der Waals surface area contributed by atoms with E-state index in [0.29, 0.717) is 28.5 Å². The molecule has 0 spiro atoms. The zero-order chi connectivity index (χ0) is 19.2. The number of methoxy groups -OCH3 is 2. The van der Waals surface area contributed by atoms with Crippen molar-refractivity contribution in [3.05, 3.63) is 54.2 Å². The fourth-order valence-corrected chi connectivity index (χ4v) is 2.46. The molecule has 0 bridgehead atoms. The Kier molecular flexibility index (Phi) is 5.46. The van der Waals surface area contributed by atoms with E-state index in [9.17, 15) is 9.90 Å². The summed E-state index contributed by atoms with van der Waals surface area (Å²) in [6.07, 6.45) is 4.65. The Morgan fingerprint density at radius 2 is 2.04 bits per heavy atom. The van der Waals surface area contributed by atoms with Gasteiger partial charge in [-0.3, -0.25) is 9.78 Å². The lowest BCUT2D eigenvalue weighted by atomic mass is 10.1. The molecule has 0 amide bonds. The monoisotopic (exact) mass is 367 g/mol. The van der Waals surface area contributed by atoms with Crippen molar-refractivity contribution in [3.63, 3.8) is 0 Å². The molecule has 3 aromatic rings. The van der Waals surface area contributed by atoms with Crippen LogP contribution in [0.3, 0.4) is 0 Å². The number of carboxylic acids is 1. The molecule has 0 aliphatic carbocycles. The second kappa shape index (κ2) is 8.13. The summed E-state index contributed by atoms with van der Waals surface area (Å²) in [5.41, 5.74) is 1.77. The molecule has 0 saturated heterocycles. The third-order valence-electron chi connectivity index (χ3n) is 3.71. The van der Waals surface area contributed by atoms with Crippen LogP contribution in [-0.4, -0.2) is 40.4 Å². The van der Waals surface area contributed by atoms with Gasteiger partial charge in [-0.25, -0.2) is 0 Å². The number of pyridine rings is 1. The summed E-state index contributed by atoms with van der Waals surface area (Å²) < 4.78 is 15.8. The second-order valence-corrected chi connectivity index (χ2v) is 5.52. The number of benzene rings is 1. The number of rotatable bonds is 7. The first-order valence-corrected chi connectivity index (χ1v) is 7.99. The van der Waals surface area contributed by atoms with Crippen molar-refractivity contribution in [1.29, 1.82) is 0 Å². The first-order valence-electron chi connectivity index (χ1n) is 7.99. The van der Waals surface area contributed by atoms with Crippen molar-refractivity contribution >= 4 is 17.6 Å². The van der Waals surface area contributed by atoms with Gasteiger partial charge in [-0.15, -0.1) is 0 Å². The molecule has 0 saturated carbocycles. The Bertz CT molecular complexity index is 966. The molecule has 0 radical (unpaired) electrons. The predicted octanol–water partition coefficient (Wildman–Crippen LogP) is 3.16. The van der Waals surface area contributed by atoms with Gasteiger partial charge < -0.3 is 19.1 Å². The Labute approximate surface area is 155 Å². The molecule has 3 rings (SSSR count). The summed E-state index contributed by atoms with van der Waals surface area (Å²) in [7, 11) is 3.08. The largest absolute Gasteiger partial charge is 0.493 e. The van der Waals surface area contributed by atoms with E-state index in [2.05, 4.69) is 15.1 Å². The highest BCUT2D eigenvalue weighted by Gasteiger charge is 2.17. The maximum absolute atomic E-state index is 11.2. The lowest BCUT2D eigenvalue weighted by Crippen LogP contribution is -1.97. The second-order valence-electron chi connectivity index (χ2n) is 5.52. The molecule has 1 aromatic carbocycles. The molecule has 0 fully saturated rings. The maximum Gasteiger partial charge on any atom is 0.308 e. The van der Waals surface area contributed by atoms with Crippen molar-refractivity contribution in [2.24, 2.45) is 0 Å². The minimum absolute atomic E-state index is 0.131. The van der Waals surface area contributed by atoms with Gasteiger partial charge in [0.05, 0.1) is 20.6 Å². The summed E-state index contributed by atoms with van der Waals surface area (Å²) in [5.74, 6) is 0.543. The quantitative estimate of drug-likeness (QED) is 0.678. The van der Waals surface area contributed by atoms with Gasteiger partial charge >= 0.3 is 5.97 Å². The number of hydrogen-bond donors (Lipinski definition) is 1. The van der Waals surface area contributed by atoms with E-state index in [-0.39, 0.29) is 12.3 Å². The van der Waals surface area contributed by atoms with Crippen molar-refractivity contribution in [2.75, 3.05) is 14.2 Å². The number of hydrogen-bond acceptors (Lipinski definition) is 7. The fraction of sp³-hybridized carbons (Fsp3) is 0.158. The fourth-order valence-electron chi connectivity index (χ4n) is 2.46. The number of aliphatic carboxylic acids is 1. The molecule has 0 atom stereocenters. The van der Waals surface area contributed by atoms with E-state index < -0.39 is 5.97 Å². The lowest BCUT2D eigenvalue weighted by Gasteiger charge is -2.07. The average Bonchev–Trinajstić information content (AvgIpc) is 3.17. The number of nitrogens with zero attached hydrogens (tertiary/aromatic N) is 3. The third-order valence-corrected chi connectivity index (χ3v) is 3.71.